The first-order valence-corrected chi connectivity index (χ1v) is 12.6. The Hall–Kier alpha value is -2.26. The maximum Gasteiger partial charge on any atom is 0.231 e. The number of sulfonamides is 1. The quantitative estimate of drug-likeness (QED) is 0.653. The zero-order chi connectivity index (χ0) is 22.2. The average molecular weight is 446 g/mol. The van der Waals surface area contributed by atoms with E-state index in [-0.39, 0.29) is 30.2 Å². The van der Waals surface area contributed by atoms with Gasteiger partial charge in [-0.3, -0.25) is 9.78 Å². The normalized spacial score (nSPS) is 24.7. The molecule has 4 heterocycles. The Morgan fingerprint density at radius 2 is 2.00 bits per heavy atom. The first kappa shape index (κ1) is 22.0. The zero-order valence-corrected chi connectivity index (χ0v) is 19.3. The van der Waals surface area contributed by atoms with Gasteiger partial charge in [0.15, 0.2) is 0 Å². The molecule has 8 nitrogen and oxygen atoms in total. The number of carbonyl (C=O) groups excluding carboxylic acids is 1. The predicted molar refractivity (Wildman–Crippen MR) is 118 cm³/mol. The summed E-state index contributed by atoms with van der Waals surface area (Å²) in [5, 5.41) is 0. The van der Waals surface area contributed by atoms with Gasteiger partial charge in [0.1, 0.15) is 0 Å². The van der Waals surface area contributed by atoms with E-state index in [1.165, 1.54) is 4.31 Å². The van der Waals surface area contributed by atoms with Gasteiger partial charge in [-0.2, -0.15) is 0 Å². The van der Waals surface area contributed by atoms with Gasteiger partial charge in [-0.05, 0) is 44.4 Å². The molecule has 2 aromatic rings. The van der Waals surface area contributed by atoms with Gasteiger partial charge in [0.05, 0.1) is 23.2 Å². The molecule has 2 aliphatic heterocycles. The number of rotatable bonds is 7. The molecule has 2 unspecified atom stereocenters. The third-order valence-corrected chi connectivity index (χ3v) is 8.59. The monoisotopic (exact) mass is 445 g/mol. The number of likely N-dealkylation sites (tertiary alicyclic amines) is 1. The molecule has 2 saturated heterocycles. The fourth-order valence-electron chi connectivity index (χ4n) is 4.85. The molecule has 1 spiro atoms. The Kier molecular flexibility index (Phi) is 5.91. The second-order valence-corrected chi connectivity index (χ2v) is 11.1. The van der Waals surface area contributed by atoms with E-state index in [1.54, 1.807) is 18.7 Å². The molecule has 168 valence electrons. The fraction of sp³-hybridized carbons (Fsp3) is 0.591. The van der Waals surface area contributed by atoms with Crippen LogP contribution in [0.5, 0.6) is 0 Å². The van der Waals surface area contributed by atoms with Crippen LogP contribution >= 0.6 is 0 Å². The summed E-state index contributed by atoms with van der Waals surface area (Å²) in [6.45, 7) is 7.69. The Morgan fingerprint density at radius 3 is 2.65 bits per heavy atom. The highest BCUT2D eigenvalue weighted by molar-refractivity contribution is 7.89. The summed E-state index contributed by atoms with van der Waals surface area (Å²) in [6.07, 6.45) is 8.40. The van der Waals surface area contributed by atoms with Crippen LogP contribution < -0.4 is 0 Å². The van der Waals surface area contributed by atoms with Crippen LogP contribution in [0.4, 0.5) is 0 Å². The number of imidazole rings is 1. The second-order valence-electron chi connectivity index (χ2n) is 8.99. The fourth-order valence-corrected chi connectivity index (χ4v) is 6.42. The second kappa shape index (κ2) is 8.35. The summed E-state index contributed by atoms with van der Waals surface area (Å²) in [5.74, 6) is -0.109. The molecule has 0 radical (unpaired) electrons. The number of nitrogens with zero attached hydrogens (tertiary/aromatic N) is 5. The third kappa shape index (κ3) is 4.01. The molecule has 0 bridgehead atoms. The third-order valence-electron chi connectivity index (χ3n) is 6.61. The van der Waals surface area contributed by atoms with Gasteiger partial charge in [0.25, 0.3) is 0 Å². The predicted octanol–water partition coefficient (Wildman–Crippen LogP) is 2.42. The number of amides is 1. The van der Waals surface area contributed by atoms with Crippen molar-refractivity contribution in [2.45, 2.75) is 52.1 Å². The molecule has 0 N–H and O–H groups in total. The van der Waals surface area contributed by atoms with Gasteiger partial charge in [-0.1, -0.05) is 6.92 Å². The van der Waals surface area contributed by atoms with Crippen LogP contribution in [-0.4, -0.2) is 63.5 Å². The Bertz CT molecular complexity index is 1040. The molecule has 2 atom stereocenters. The largest absolute Gasteiger partial charge is 0.338 e. The lowest BCUT2D eigenvalue weighted by Gasteiger charge is -2.28. The van der Waals surface area contributed by atoms with Gasteiger partial charge in [-0.25, -0.2) is 17.7 Å². The summed E-state index contributed by atoms with van der Waals surface area (Å²) >= 11 is 0. The molecule has 2 fully saturated rings. The van der Waals surface area contributed by atoms with Crippen LogP contribution in [0, 0.1) is 5.41 Å². The van der Waals surface area contributed by atoms with Gasteiger partial charge >= 0.3 is 0 Å². The SMILES string of the molecule is CCCS(=O)(=O)N1CC(c2cn(C(C)C)cn2)C2(CCN(Cc3ccncc3)C2=O)C1. The molecule has 0 saturated carbocycles. The number of carbonyl (C=O) groups is 1. The molecular weight excluding hydrogens is 414 g/mol. The minimum Gasteiger partial charge on any atom is -0.338 e. The van der Waals surface area contributed by atoms with Crippen molar-refractivity contribution in [2.24, 2.45) is 5.41 Å². The highest BCUT2D eigenvalue weighted by Crippen LogP contribution is 2.50. The molecular formula is C22H31N5O3S. The molecule has 1 amide bonds. The van der Waals surface area contributed by atoms with E-state index in [4.69, 9.17) is 0 Å². The van der Waals surface area contributed by atoms with E-state index < -0.39 is 15.4 Å². The van der Waals surface area contributed by atoms with E-state index in [2.05, 4.69) is 23.8 Å². The zero-order valence-electron chi connectivity index (χ0n) is 18.4. The Labute approximate surface area is 184 Å². The van der Waals surface area contributed by atoms with Crippen LogP contribution in [0.25, 0.3) is 0 Å². The van der Waals surface area contributed by atoms with Crippen LogP contribution in [0.3, 0.4) is 0 Å². The Balaban J connectivity index is 1.67. The molecule has 4 rings (SSSR count). The van der Waals surface area contributed by atoms with Crippen molar-refractivity contribution in [1.29, 1.82) is 0 Å². The highest BCUT2D eigenvalue weighted by Gasteiger charge is 2.59. The molecule has 2 aliphatic rings. The first-order chi connectivity index (χ1) is 14.8. The number of aromatic nitrogens is 3. The lowest BCUT2D eigenvalue weighted by atomic mass is 9.75. The van der Waals surface area contributed by atoms with Crippen molar-refractivity contribution >= 4 is 15.9 Å². The maximum absolute atomic E-state index is 13.7. The first-order valence-electron chi connectivity index (χ1n) is 11.0. The topological polar surface area (TPSA) is 88.4 Å². The van der Waals surface area contributed by atoms with Crippen molar-refractivity contribution in [3.8, 4) is 0 Å². The van der Waals surface area contributed by atoms with E-state index in [0.717, 1.165) is 11.3 Å². The van der Waals surface area contributed by atoms with Crippen LogP contribution in [0.15, 0.2) is 37.1 Å². The van der Waals surface area contributed by atoms with Gasteiger partial charge in [0, 0.05) is 56.7 Å². The molecule has 9 heteroatoms. The summed E-state index contributed by atoms with van der Waals surface area (Å²) in [4.78, 5) is 24.3. The molecule has 2 aromatic heterocycles. The van der Waals surface area contributed by atoms with E-state index in [1.807, 2.05) is 34.7 Å². The summed E-state index contributed by atoms with van der Waals surface area (Å²) in [6, 6.07) is 4.07. The van der Waals surface area contributed by atoms with E-state index in [0.29, 0.717) is 32.5 Å². The van der Waals surface area contributed by atoms with Crippen LogP contribution in [-0.2, 0) is 21.4 Å². The van der Waals surface area contributed by atoms with Crippen molar-refractivity contribution in [3.63, 3.8) is 0 Å². The molecule has 0 aromatic carbocycles. The number of pyridine rings is 1. The maximum atomic E-state index is 13.7. The van der Waals surface area contributed by atoms with Crippen molar-refractivity contribution in [1.82, 2.24) is 23.7 Å². The summed E-state index contributed by atoms with van der Waals surface area (Å²) in [5.41, 5.74) is 1.07. The Morgan fingerprint density at radius 1 is 1.26 bits per heavy atom. The lowest BCUT2D eigenvalue weighted by Crippen LogP contribution is -2.40. The number of hydrogen-bond donors (Lipinski definition) is 0. The highest BCUT2D eigenvalue weighted by atomic mass is 32.2. The lowest BCUT2D eigenvalue weighted by molar-refractivity contribution is -0.136. The molecule has 31 heavy (non-hydrogen) atoms. The smallest absolute Gasteiger partial charge is 0.231 e. The van der Waals surface area contributed by atoms with Crippen molar-refractivity contribution in [2.75, 3.05) is 25.4 Å². The minimum atomic E-state index is -3.40. The van der Waals surface area contributed by atoms with Gasteiger partial charge in [-0.15, -0.1) is 0 Å². The van der Waals surface area contributed by atoms with Crippen molar-refractivity contribution in [3.05, 3.63) is 48.3 Å². The molecule has 0 aliphatic carbocycles. The minimum absolute atomic E-state index is 0.0302. The number of hydrogen-bond acceptors (Lipinski definition) is 5. The van der Waals surface area contributed by atoms with E-state index >= 15 is 0 Å². The van der Waals surface area contributed by atoms with E-state index in [9.17, 15) is 13.2 Å². The van der Waals surface area contributed by atoms with Crippen molar-refractivity contribution < 1.29 is 13.2 Å². The average Bonchev–Trinajstić information content (AvgIpc) is 3.44. The van der Waals surface area contributed by atoms with Gasteiger partial charge in [0.2, 0.25) is 15.9 Å². The van der Waals surface area contributed by atoms with Crippen LogP contribution in [0.2, 0.25) is 0 Å². The van der Waals surface area contributed by atoms with Crippen LogP contribution in [0.1, 0.15) is 56.8 Å². The summed E-state index contributed by atoms with van der Waals surface area (Å²) in [7, 11) is -3.40. The standard InChI is InChI=1S/C22H31N5O3S/c1-4-11-31(29,30)27-13-19(20-14-26(16-24-20)17(2)3)22(15-27)7-10-25(21(22)28)12-18-5-8-23-9-6-18/h5-6,8-9,14,16-17,19H,4,7,10-13,15H2,1-3H3. The summed E-state index contributed by atoms with van der Waals surface area (Å²) < 4.78 is 29.4. The van der Waals surface area contributed by atoms with Gasteiger partial charge < -0.3 is 9.47 Å².